The Morgan fingerprint density at radius 1 is 0.812 bits per heavy atom. The number of para-hydroxylation sites is 1. The molecule has 0 aliphatic rings. The number of fused-ring (bicyclic) bond motifs is 1. The highest BCUT2D eigenvalue weighted by Gasteiger charge is 2.00. The molecule has 0 amide bonds. The van der Waals surface area contributed by atoms with Gasteiger partial charge in [-0.2, -0.15) is 0 Å². The number of aromatic amines is 1. The number of hydrogen-bond donors (Lipinski definition) is 2. The van der Waals surface area contributed by atoms with Crippen molar-refractivity contribution in [3.8, 4) is 0 Å². The number of hydrogen-bond acceptors (Lipinski definition) is 1. The molecule has 2 heteroatoms. The summed E-state index contributed by atoms with van der Waals surface area (Å²) in [7, 11) is 0. The van der Waals surface area contributed by atoms with Crippen LogP contribution in [0, 0.1) is 0 Å². The van der Waals surface area contributed by atoms with Gasteiger partial charge in [0.2, 0.25) is 0 Å². The zero-order valence-corrected chi connectivity index (χ0v) is 8.77. The molecule has 0 unspecified atom stereocenters. The molecule has 2 N–H and O–H groups in total. The highest BCUT2D eigenvalue weighted by atomic mass is 14.9. The van der Waals surface area contributed by atoms with Gasteiger partial charge >= 0.3 is 0 Å². The molecule has 78 valence electrons. The van der Waals surface area contributed by atoms with Crippen molar-refractivity contribution in [1.82, 2.24) is 4.98 Å². The minimum absolute atomic E-state index is 1.11. The number of H-pyrrole nitrogens is 1. The summed E-state index contributed by atoms with van der Waals surface area (Å²) in [6.07, 6.45) is 1.96. The summed E-state index contributed by atoms with van der Waals surface area (Å²) in [4.78, 5) is 3.21. The summed E-state index contributed by atoms with van der Waals surface area (Å²) in [5.41, 5.74) is 3.39. The Balaban J connectivity index is 2.04. The van der Waals surface area contributed by atoms with Gasteiger partial charge < -0.3 is 10.3 Å². The van der Waals surface area contributed by atoms with Crippen LogP contribution < -0.4 is 5.32 Å². The van der Waals surface area contributed by atoms with E-state index >= 15 is 0 Å². The average molecular weight is 208 g/mol. The maximum Gasteiger partial charge on any atom is 0.0479 e. The van der Waals surface area contributed by atoms with E-state index in [1.165, 1.54) is 5.39 Å². The van der Waals surface area contributed by atoms with Crippen LogP contribution in [0.3, 0.4) is 0 Å². The molecule has 0 aliphatic heterocycles. The van der Waals surface area contributed by atoms with E-state index in [-0.39, 0.29) is 0 Å². The molecule has 0 aliphatic carbocycles. The second-order valence-corrected chi connectivity index (χ2v) is 3.74. The van der Waals surface area contributed by atoms with Crippen LogP contribution in [0.4, 0.5) is 11.4 Å². The molecule has 0 bridgehead atoms. The van der Waals surface area contributed by atoms with Crippen molar-refractivity contribution in [2.45, 2.75) is 0 Å². The summed E-state index contributed by atoms with van der Waals surface area (Å²) in [5, 5.41) is 4.63. The molecule has 1 aromatic heterocycles. The van der Waals surface area contributed by atoms with Crippen LogP contribution in [-0.2, 0) is 0 Å². The maximum atomic E-state index is 3.41. The zero-order valence-electron chi connectivity index (χ0n) is 8.77. The molecule has 0 saturated carbocycles. The molecule has 1 heterocycles. The fraction of sp³-hybridized carbons (Fsp3) is 0. The first-order chi connectivity index (χ1) is 7.93. The molecule has 2 nitrogen and oxygen atoms in total. The molecular weight excluding hydrogens is 196 g/mol. The highest BCUT2D eigenvalue weighted by Crippen LogP contribution is 2.25. The standard InChI is InChI=1S/C14H12N2/c1-2-5-11(6-3-1)16-14-8-4-7-13-12(14)9-10-15-13/h1-10,15-16H. The van der Waals surface area contributed by atoms with E-state index in [1.54, 1.807) is 0 Å². The Morgan fingerprint density at radius 2 is 1.69 bits per heavy atom. The van der Waals surface area contributed by atoms with E-state index in [0.717, 1.165) is 16.9 Å². The lowest BCUT2D eigenvalue weighted by Gasteiger charge is -2.07. The van der Waals surface area contributed by atoms with Crippen LogP contribution in [0.25, 0.3) is 10.9 Å². The number of rotatable bonds is 2. The van der Waals surface area contributed by atoms with Crippen molar-refractivity contribution >= 4 is 22.3 Å². The van der Waals surface area contributed by atoms with Crippen LogP contribution in [-0.4, -0.2) is 4.98 Å². The first-order valence-corrected chi connectivity index (χ1v) is 5.32. The van der Waals surface area contributed by atoms with Gasteiger partial charge in [0.25, 0.3) is 0 Å². The number of benzene rings is 2. The lowest BCUT2D eigenvalue weighted by atomic mass is 10.2. The molecule has 0 spiro atoms. The smallest absolute Gasteiger partial charge is 0.0479 e. The number of anilines is 2. The van der Waals surface area contributed by atoms with Crippen molar-refractivity contribution in [2.24, 2.45) is 0 Å². The lowest BCUT2D eigenvalue weighted by molar-refractivity contribution is 1.48. The fourth-order valence-corrected chi connectivity index (χ4v) is 1.87. The fourth-order valence-electron chi connectivity index (χ4n) is 1.87. The SMILES string of the molecule is c1ccc(Nc2cccc3[nH]ccc23)cc1. The van der Waals surface area contributed by atoms with Crippen LogP contribution >= 0.6 is 0 Å². The maximum absolute atomic E-state index is 3.41. The van der Waals surface area contributed by atoms with Crippen LogP contribution in [0.1, 0.15) is 0 Å². The van der Waals surface area contributed by atoms with Gasteiger partial charge in [-0.1, -0.05) is 24.3 Å². The summed E-state index contributed by atoms with van der Waals surface area (Å²) < 4.78 is 0. The van der Waals surface area contributed by atoms with Gasteiger partial charge in [-0.3, -0.25) is 0 Å². The summed E-state index contributed by atoms with van der Waals surface area (Å²) in [6, 6.07) is 18.5. The second-order valence-electron chi connectivity index (χ2n) is 3.74. The topological polar surface area (TPSA) is 27.8 Å². The monoisotopic (exact) mass is 208 g/mol. The highest BCUT2D eigenvalue weighted by molar-refractivity contribution is 5.93. The minimum atomic E-state index is 1.11. The Bertz CT molecular complexity index is 596. The third-order valence-corrected chi connectivity index (χ3v) is 2.65. The van der Waals surface area contributed by atoms with Gasteiger partial charge in [0, 0.05) is 28.5 Å². The summed E-state index contributed by atoms with van der Waals surface area (Å²) in [5.74, 6) is 0. The predicted molar refractivity (Wildman–Crippen MR) is 68.0 cm³/mol. The quantitative estimate of drug-likeness (QED) is 0.656. The van der Waals surface area contributed by atoms with E-state index in [4.69, 9.17) is 0 Å². The van der Waals surface area contributed by atoms with Crippen molar-refractivity contribution in [2.75, 3.05) is 5.32 Å². The first-order valence-electron chi connectivity index (χ1n) is 5.32. The van der Waals surface area contributed by atoms with Crippen LogP contribution in [0.2, 0.25) is 0 Å². The Kier molecular flexibility index (Phi) is 2.11. The lowest BCUT2D eigenvalue weighted by Crippen LogP contribution is -1.89. The van der Waals surface area contributed by atoms with Gasteiger partial charge in [-0.15, -0.1) is 0 Å². The molecule has 0 fully saturated rings. The van der Waals surface area contributed by atoms with Crippen LogP contribution in [0.15, 0.2) is 60.8 Å². The Morgan fingerprint density at radius 3 is 2.56 bits per heavy atom. The first kappa shape index (κ1) is 9.04. The molecule has 0 saturated heterocycles. The van der Waals surface area contributed by atoms with Gasteiger partial charge in [0.1, 0.15) is 0 Å². The zero-order chi connectivity index (χ0) is 10.8. The van der Waals surface area contributed by atoms with E-state index in [2.05, 4.69) is 40.6 Å². The van der Waals surface area contributed by atoms with Crippen molar-refractivity contribution in [3.05, 3.63) is 60.8 Å². The molecule has 16 heavy (non-hydrogen) atoms. The molecule has 2 aromatic carbocycles. The summed E-state index contributed by atoms with van der Waals surface area (Å²) in [6.45, 7) is 0. The van der Waals surface area contributed by atoms with Gasteiger partial charge in [-0.25, -0.2) is 0 Å². The molecule has 3 aromatic rings. The van der Waals surface area contributed by atoms with E-state index in [1.807, 2.05) is 30.5 Å². The molecule has 3 rings (SSSR count). The third kappa shape index (κ3) is 1.54. The number of nitrogens with one attached hydrogen (secondary N) is 2. The average Bonchev–Trinajstić information content (AvgIpc) is 2.80. The van der Waals surface area contributed by atoms with Crippen molar-refractivity contribution in [3.63, 3.8) is 0 Å². The van der Waals surface area contributed by atoms with E-state index < -0.39 is 0 Å². The van der Waals surface area contributed by atoms with Crippen LogP contribution in [0.5, 0.6) is 0 Å². The van der Waals surface area contributed by atoms with E-state index in [0.29, 0.717) is 0 Å². The molecule has 0 atom stereocenters. The van der Waals surface area contributed by atoms with Crippen molar-refractivity contribution < 1.29 is 0 Å². The largest absolute Gasteiger partial charge is 0.361 e. The van der Waals surface area contributed by atoms with Gasteiger partial charge in [0.15, 0.2) is 0 Å². The number of aromatic nitrogens is 1. The van der Waals surface area contributed by atoms with E-state index in [9.17, 15) is 0 Å². The second kappa shape index (κ2) is 3.74. The van der Waals surface area contributed by atoms with Gasteiger partial charge in [0.05, 0.1) is 0 Å². The summed E-state index contributed by atoms with van der Waals surface area (Å²) >= 11 is 0. The minimum Gasteiger partial charge on any atom is -0.361 e. The predicted octanol–water partition coefficient (Wildman–Crippen LogP) is 3.91. The van der Waals surface area contributed by atoms with Gasteiger partial charge in [-0.05, 0) is 30.3 Å². The molecule has 0 radical (unpaired) electrons. The molecular formula is C14H12N2. The third-order valence-electron chi connectivity index (χ3n) is 2.65. The van der Waals surface area contributed by atoms with Crippen molar-refractivity contribution in [1.29, 1.82) is 0 Å². The Hall–Kier alpha value is -2.22. The Labute approximate surface area is 93.9 Å². The normalized spacial score (nSPS) is 10.5.